The van der Waals surface area contributed by atoms with Crippen molar-refractivity contribution in [3.8, 4) is 0 Å². The summed E-state index contributed by atoms with van der Waals surface area (Å²) < 4.78 is 4.87. The standard InChI is InChI=1S/C13H12NO3/c1-3-17-13(16)12-7-10-6-9(8(2)15)4-5-11(10)14-12/h4-7H,3H2,1-2H3. The summed E-state index contributed by atoms with van der Waals surface area (Å²) in [6, 6.07) is 5.16. The van der Waals surface area contributed by atoms with E-state index in [-0.39, 0.29) is 11.5 Å². The van der Waals surface area contributed by atoms with Crippen molar-refractivity contribution in [1.29, 1.82) is 0 Å². The van der Waals surface area contributed by atoms with Crippen molar-refractivity contribution in [1.82, 2.24) is 0 Å². The molecular formula is C13H12NO3. The topological polar surface area (TPSA) is 58.6 Å². The predicted octanol–water partition coefficient (Wildman–Crippen LogP) is 0.939. The van der Waals surface area contributed by atoms with Crippen LogP contribution in [0.15, 0.2) is 34.8 Å². The Morgan fingerprint density at radius 2 is 2.18 bits per heavy atom. The Balaban J connectivity index is 2.51. The van der Waals surface area contributed by atoms with Crippen molar-refractivity contribution in [2.45, 2.75) is 13.8 Å². The van der Waals surface area contributed by atoms with Crippen molar-refractivity contribution in [2.75, 3.05) is 6.61 Å². The lowest BCUT2D eigenvalue weighted by Crippen LogP contribution is -2.22. The number of benzene rings is 1. The van der Waals surface area contributed by atoms with E-state index < -0.39 is 5.95 Å². The highest BCUT2D eigenvalue weighted by Gasteiger charge is 2.10. The summed E-state index contributed by atoms with van der Waals surface area (Å²) in [5.74, 6) is -0.446. The number of allylic oxidation sites excluding steroid dienone is 1. The van der Waals surface area contributed by atoms with Crippen LogP contribution in [0.4, 0.5) is 0 Å². The molecule has 0 amide bonds. The second-order valence-corrected chi connectivity index (χ2v) is 3.69. The molecule has 0 aliphatic carbocycles. The Bertz CT molecular complexity index is 614. The first kappa shape index (κ1) is 11.4. The Morgan fingerprint density at radius 3 is 2.82 bits per heavy atom. The molecule has 4 nitrogen and oxygen atoms in total. The fraction of sp³-hybridized carbons (Fsp3) is 0.231. The summed E-state index contributed by atoms with van der Waals surface area (Å²) >= 11 is 0. The molecule has 0 saturated heterocycles. The van der Waals surface area contributed by atoms with Gasteiger partial charge >= 0.3 is 5.95 Å². The number of hydrogen-bond acceptors (Lipinski definition) is 3. The maximum atomic E-state index is 11.5. The van der Waals surface area contributed by atoms with Crippen molar-refractivity contribution in [2.24, 2.45) is 4.99 Å². The number of carbonyl (C=O) groups is 1. The molecule has 17 heavy (non-hydrogen) atoms. The average Bonchev–Trinajstić information content (AvgIpc) is 2.71. The summed E-state index contributed by atoms with van der Waals surface area (Å²) in [6.45, 7) is 3.57. The smallest absolute Gasteiger partial charge is 0.356 e. The van der Waals surface area contributed by atoms with Crippen LogP contribution in [-0.4, -0.2) is 12.4 Å². The molecule has 2 rings (SSSR count). The average molecular weight is 230 g/mol. The van der Waals surface area contributed by atoms with Gasteiger partial charge in [-0.2, -0.15) is 0 Å². The molecule has 0 spiro atoms. The zero-order valence-electron chi connectivity index (χ0n) is 9.69. The van der Waals surface area contributed by atoms with Gasteiger partial charge in [0.15, 0.2) is 5.78 Å². The minimum atomic E-state index is -0.437. The van der Waals surface area contributed by atoms with Gasteiger partial charge in [-0.3, -0.25) is 4.79 Å². The molecule has 87 valence electrons. The maximum absolute atomic E-state index is 11.5. The lowest BCUT2D eigenvalue weighted by molar-refractivity contribution is 0.0571. The second kappa shape index (κ2) is 4.41. The lowest BCUT2D eigenvalue weighted by atomic mass is 10.1. The number of carbonyl (C=O) groups excluding carboxylic acids is 1. The van der Waals surface area contributed by atoms with Gasteiger partial charge < -0.3 is 4.74 Å². The van der Waals surface area contributed by atoms with Crippen LogP contribution in [0.5, 0.6) is 0 Å². The normalized spacial score (nSPS) is 15.6. The molecule has 1 aliphatic rings. The van der Waals surface area contributed by atoms with Crippen molar-refractivity contribution < 1.29 is 14.6 Å². The van der Waals surface area contributed by atoms with Gasteiger partial charge in [-0.1, -0.05) is 0 Å². The third-order valence-electron chi connectivity index (χ3n) is 2.45. The molecule has 0 bridgehead atoms. The fourth-order valence-electron chi connectivity index (χ4n) is 1.61. The van der Waals surface area contributed by atoms with Gasteiger partial charge in [-0.05, 0) is 38.1 Å². The van der Waals surface area contributed by atoms with E-state index in [0.717, 1.165) is 5.22 Å². The van der Waals surface area contributed by atoms with E-state index >= 15 is 0 Å². The molecule has 0 atom stereocenters. The van der Waals surface area contributed by atoms with Crippen molar-refractivity contribution in [3.05, 3.63) is 46.0 Å². The summed E-state index contributed by atoms with van der Waals surface area (Å²) in [7, 11) is 0. The molecular weight excluding hydrogens is 218 g/mol. The maximum Gasteiger partial charge on any atom is 0.356 e. The van der Waals surface area contributed by atoms with Crippen LogP contribution < -0.4 is 10.6 Å². The number of rotatable bonds is 3. The van der Waals surface area contributed by atoms with E-state index in [9.17, 15) is 9.90 Å². The molecule has 0 unspecified atom stereocenters. The number of Topliss-reactive ketones (excluding diaryl/α,β-unsaturated/α-hetero) is 1. The Labute approximate surface area is 98.6 Å². The first-order valence-corrected chi connectivity index (χ1v) is 5.37. The fourth-order valence-corrected chi connectivity index (χ4v) is 1.61. The minimum Gasteiger partial charge on any atom is -0.461 e. The SMILES string of the molecule is CCOC([O])=C1C=c2cc(C(C)=O)ccc2=N1. The van der Waals surface area contributed by atoms with Crippen LogP contribution in [0.25, 0.3) is 6.08 Å². The van der Waals surface area contributed by atoms with Crippen molar-refractivity contribution in [3.63, 3.8) is 0 Å². The first-order chi connectivity index (χ1) is 8.11. The number of nitrogens with zero attached hydrogens (tertiary/aromatic N) is 1. The molecule has 4 heteroatoms. The van der Waals surface area contributed by atoms with E-state index in [2.05, 4.69) is 4.99 Å². The Morgan fingerprint density at radius 1 is 1.41 bits per heavy atom. The van der Waals surface area contributed by atoms with E-state index in [1.54, 1.807) is 31.2 Å². The van der Waals surface area contributed by atoms with Crippen LogP contribution in [-0.2, 0) is 9.84 Å². The lowest BCUT2D eigenvalue weighted by Gasteiger charge is -1.96. The second-order valence-electron chi connectivity index (χ2n) is 3.69. The van der Waals surface area contributed by atoms with E-state index in [1.807, 2.05) is 0 Å². The van der Waals surface area contributed by atoms with Gasteiger partial charge in [0.25, 0.3) is 0 Å². The van der Waals surface area contributed by atoms with E-state index in [1.165, 1.54) is 6.92 Å². The van der Waals surface area contributed by atoms with Crippen LogP contribution in [0.3, 0.4) is 0 Å². The quantitative estimate of drug-likeness (QED) is 0.573. The molecule has 1 aromatic carbocycles. The molecule has 1 aliphatic heterocycles. The third-order valence-corrected chi connectivity index (χ3v) is 2.45. The highest BCUT2D eigenvalue weighted by atomic mass is 16.6. The van der Waals surface area contributed by atoms with Crippen LogP contribution >= 0.6 is 0 Å². The Kier molecular flexibility index (Phi) is 2.95. The zero-order chi connectivity index (χ0) is 12.4. The monoisotopic (exact) mass is 230 g/mol. The molecule has 0 N–H and O–H groups in total. The predicted molar refractivity (Wildman–Crippen MR) is 61.0 cm³/mol. The third kappa shape index (κ3) is 2.20. The molecule has 1 radical (unpaired) electrons. The zero-order valence-corrected chi connectivity index (χ0v) is 9.69. The number of ether oxygens (including phenoxy) is 1. The Hall–Kier alpha value is -2.10. The highest BCUT2D eigenvalue weighted by Crippen LogP contribution is 2.09. The molecule has 0 saturated carbocycles. The highest BCUT2D eigenvalue weighted by molar-refractivity contribution is 5.94. The van der Waals surface area contributed by atoms with Crippen LogP contribution in [0, 0.1) is 0 Å². The minimum absolute atomic E-state index is 0.00853. The summed E-state index contributed by atoms with van der Waals surface area (Å²) in [5, 5.41) is 13.0. The summed E-state index contributed by atoms with van der Waals surface area (Å²) in [4.78, 5) is 15.4. The van der Waals surface area contributed by atoms with Crippen molar-refractivity contribution >= 4 is 11.9 Å². The molecule has 0 aromatic heterocycles. The number of ketones is 1. The molecule has 1 aromatic rings. The van der Waals surface area contributed by atoms with Gasteiger partial charge in [0, 0.05) is 10.8 Å². The number of hydrogen-bond donors (Lipinski definition) is 0. The summed E-state index contributed by atoms with van der Waals surface area (Å²) in [5.41, 5.74) is 0.892. The largest absolute Gasteiger partial charge is 0.461 e. The van der Waals surface area contributed by atoms with Gasteiger partial charge in [0.2, 0.25) is 0 Å². The van der Waals surface area contributed by atoms with Crippen LogP contribution in [0.2, 0.25) is 0 Å². The number of fused-ring (bicyclic) bond motifs is 1. The van der Waals surface area contributed by atoms with Gasteiger partial charge in [-0.25, -0.2) is 10.1 Å². The summed E-state index contributed by atoms with van der Waals surface area (Å²) in [6.07, 6.45) is 1.64. The molecule has 0 fully saturated rings. The molecule has 1 heterocycles. The van der Waals surface area contributed by atoms with Crippen LogP contribution in [0.1, 0.15) is 24.2 Å². The van der Waals surface area contributed by atoms with Gasteiger partial charge in [-0.15, -0.1) is 0 Å². The van der Waals surface area contributed by atoms with E-state index in [4.69, 9.17) is 4.74 Å². The van der Waals surface area contributed by atoms with E-state index in [0.29, 0.717) is 17.5 Å². The first-order valence-electron chi connectivity index (χ1n) is 5.37. The van der Waals surface area contributed by atoms with Gasteiger partial charge in [0.05, 0.1) is 12.0 Å². The van der Waals surface area contributed by atoms with Gasteiger partial charge in [0.1, 0.15) is 5.70 Å².